The van der Waals surface area contributed by atoms with Gasteiger partial charge in [-0.25, -0.2) is 4.79 Å². The molecule has 2 fully saturated rings. The number of hydrogen-bond donors (Lipinski definition) is 2. The molecule has 2 atom stereocenters. The molecular formula is C13H22N2O4. The lowest BCUT2D eigenvalue weighted by molar-refractivity contribution is -0.142. The zero-order chi connectivity index (χ0) is 14.0. The number of hydrogen-bond acceptors (Lipinski definition) is 3. The summed E-state index contributed by atoms with van der Waals surface area (Å²) in [6.45, 7) is 4.86. The van der Waals surface area contributed by atoms with E-state index >= 15 is 0 Å². The molecule has 0 aromatic carbocycles. The van der Waals surface area contributed by atoms with Crippen LogP contribution in [0, 0.1) is 5.92 Å². The second kappa shape index (κ2) is 5.36. The van der Waals surface area contributed by atoms with E-state index in [1.54, 1.807) is 4.90 Å². The third-order valence-electron chi connectivity index (χ3n) is 4.24. The van der Waals surface area contributed by atoms with Crippen molar-refractivity contribution >= 4 is 12.0 Å². The van der Waals surface area contributed by atoms with E-state index in [-0.39, 0.29) is 24.2 Å². The van der Waals surface area contributed by atoms with Crippen LogP contribution in [0.3, 0.4) is 0 Å². The number of nitrogens with zero attached hydrogens (tertiary/aromatic N) is 1. The minimum atomic E-state index is -0.899. The molecule has 2 N–H and O–H groups in total. The first-order chi connectivity index (χ1) is 8.97. The van der Waals surface area contributed by atoms with E-state index in [1.165, 1.54) is 0 Å². The smallest absolute Gasteiger partial charge is 0.318 e. The molecule has 2 unspecified atom stereocenters. The third kappa shape index (κ3) is 2.83. The second-order valence-electron chi connectivity index (χ2n) is 5.68. The molecule has 1 saturated carbocycles. The molecule has 0 aromatic heterocycles. The summed E-state index contributed by atoms with van der Waals surface area (Å²) in [4.78, 5) is 25.1. The van der Waals surface area contributed by atoms with Crippen LogP contribution < -0.4 is 5.32 Å². The molecule has 108 valence electrons. The maximum absolute atomic E-state index is 12.3. The minimum absolute atomic E-state index is 0.122. The van der Waals surface area contributed by atoms with Gasteiger partial charge in [-0.15, -0.1) is 0 Å². The van der Waals surface area contributed by atoms with Gasteiger partial charge in [-0.05, 0) is 33.1 Å². The van der Waals surface area contributed by atoms with Gasteiger partial charge in [0.15, 0.2) is 0 Å². The first kappa shape index (κ1) is 14.1. The highest BCUT2D eigenvalue weighted by molar-refractivity contribution is 5.78. The largest absolute Gasteiger partial charge is 0.481 e. The standard InChI is InChI=1S/C13H22N2O4/c1-3-15(10-8-19-7-9(10)11(16)17)12(18)14-13(2)5-4-6-13/h9-10H,3-8H2,1-2H3,(H,14,18)(H,16,17). The molecule has 1 saturated heterocycles. The average molecular weight is 270 g/mol. The highest BCUT2D eigenvalue weighted by Crippen LogP contribution is 2.31. The number of carboxylic acids is 1. The zero-order valence-corrected chi connectivity index (χ0v) is 11.5. The number of carboxylic acid groups (broad SMARTS) is 1. The van der Waals surface area contributed by atoms with E-state index in [0.717, 1.165) is 19.3 Å². The van der Waals surface area contributed by atoms with E-state index in [9.17, 15) is 9.59 Å². The molecule has 0 bridgehead atoms. The van der Waals surface area contributed by atoms with Crippen molar-refractivity contribution in [2.45, 2.75) is 44.7 Å². The number of carbonyl (C=O) groups is 2. The van der Waals surface area contributed by atoms with E-state index in [2.05, 4.69) is 5.32 Å². The molecule has 19 heavy (non-hydrogen) atoms. The van der Waals surface area contributed by atoms with Crippen molar-refractivity contribution in [3.8, 4) is 0 Å². The summed E-state index contributed by atoms with van der Waals surface area (Å²) in [5.74, 6) is -1.52. The molecular weight excluding hydrogens is 248 g/mol. The number of likely N-dealkylation sites (N-methyl/N-ethyl adjacent to an activating group) is 1. The van der Waals surface area contributed by atoms with E-state index < -0.39 is 11.9 Å². The van der Waals surface area contributed by atoms with Gasteiger partial charge in [-0.3, -0.25) is 4.79 Å². The number of rotatable bonds is 4. The summed E-state index contributed by atoms with van der Waals surface area (Å²) in [5, 5.41) is 12.2. The molecule has 0 spiro atoms. The SMILES string of the molecule is CCN(C(=O)NC1(C)CCC1)C1COCC1C(=O)O. The van der Waals surface area contributed by atoms with Crippen LogP contribution in [-0.2, 0) is 9.53 Å². The number of urea groups is 1. The van der Waals surface area contributed by atoms with Gasteiger partial charge < -0.3 is 20.1 Å². The van der Waals surface area contributed by atoms with Gasteiger partial charge in [0.2, 0.25) is 0 Å². The third-order valence-corrected chi connectivity index (χ3v) is 4.24. The second-order valence-corrected chi connectivity index (χ2v) is 5.68. The number of carbonyl (C=O) groups excluding carboxylic acids is 1. The summed E-state index contributed by atoms with van der Waals surface area (Å²) >= 11 is 0. The molecule has 6 nitrogen and oxygen atoms in total. The first-order valence-corrected chi connectivity index (χ1v) is 6.86. The highest BCUT2D eigenvalue weighted by atomic mass is 16.5. The summed E-state index contributed by atoms with van der Waals surface area (Å²) in [5.41, 5.74) is -0.122. The van der Waals surface area contributed by atoms with E-state index in [1.807, 2.05) is 13.8 Å². The van der Waals surface area contributed by atoms with Crippen LogP contribution in [0.2, 0.25) is 0 Å². The van der Waals surface area contributed by atoms with Crippen LogP contribution in [0.25, 0.3) is 0 Å². The Morgan fingerprint density at radius 3 is 2.58 bits per heavy atom. The fraction of sp³-hybridized carbons (Fsp3) is 0.846. The zero-order valence-electron chi connectivity index (χ0n) is 11.5. The van der Waals surface area contributed by atoms with E-state index in [0.29, 0.717) is 13.2 Å². The van der Waals surface area contributed by atoms with Crippen LogP contribution in [-0.4, -0.2) is 53.3 Å². The van der Waals surface area contributed by atoms with Gasteiger partial charge >= 0.3 is 12.0 Å². The Bertz CT molecular complexity index is 368. The molecule has 1 aliphatic heterocycles. The van der Waals surface area contributed by atoms with Crippen molar-refractivity contribution in [2.75, 3.05) is 19.8 Å². The molecule has 1 heterocycles. The normalized spacial score (nSPS) is 28.5. The number of amides is 2. The van der Waals surface area contributed by atoms with Crippen molar-refractivity contribution < 1.29 is 19.4 Å². The lowest BCUT2D eigenvalue weighted by Gasteiger charge is -2.41. The van der Waals surface area contributed by atoms with Gasteiger partial charge in [0, 0.05) is 12.1 Å². The monoisotopic (exact) mass is 270 g/mol. The average Bonchev–Trinajstić information content (AvgIpc) is 2.77. The fourth-order valence-corrected chi connectivity index (χ4v) is 2.78. The Hall–Kier alpha value is -1.30. The van der Waals surface area contributed by atoms with E-state index in [4.69, 9.17) is 9.84 Å². The maximum atomic E-state index is 12.3. The van der Waals surface area contributed by atoms with Crippen molar-refractivity contribution in [1.29, 1.82) is 0 Å². The first-order valence-electron chi connectivity index (χ1n) is 6.86. The summed E-state index contributed by atoms with van der Waals surface area (Å²) < 4.78 is 5.23. The topological polar surface area (TPSA) is 78.9 Å². The van der Waals surface area contributed by atoms with Crippen molar-refractivity contribution in [2.24, 2.45) is 5.92 Å². The van der Waals surface area contributed by atoms with Crippen molar-refractivity contribution in [1.82, 2.24) is 10.2 Å². The lowest BCUT2D eigenvalue weighted by atomic mass is 9.79. The van der Waals surface area contributed by atoms with Gasteiger partial charge in [-0.1, -0.05) is 0 Å². The van der Waals surface area contributed by atoms with Gasteiger partial charge in [0.25, 0.3) is 0 Å². The predicted molar refractivity (Wildman–Crippen MR) is 68.9 cm³/mol. The van der Waals surface area contributed by atoms with Gasteiger partial charge in [-0.2, -0.15) is 0 Å². The molecule has 6 heteroatoms. The Kier molecular flexibility index (Phi) is 3.99. The van der Waals surface area contributed by atoms with Gasteiger partial charge in [0.05, 0.1) is 19.3 Å². The molecule has 2 aliphatic rings. The number of ether oxygens (including phenoxy) is 1. The molecule has 0 radical (unpaired) electrons. The minimum Gasteiger partial charge on any atom is -0.481 e. The highest BCUT2D eigenvalue weighted by Gasteiger charge is 2.41. The Balaban J connectivity index is 2.02. The summed E-state index contributed by atoms with van der Waals surface area (Å²) in [6, 6.07) is -0.544. The lowest BCUT2D eigenvalue weighted by Crippen LogP contribution is -2.58. The predicted octanol–water partition coefficient (Wildman–Crippen LogP) is 1.06. The number of nitrogens with one attached hydrogen (secondary N) is 1. The Morgan fingerprint density at radius 2 is 2.11 bits per heavy atom. The number of aliphatic carboxylic acids is 1. The molecule has 2 rings (SSSR count). The van der Waals surface area contributed by atoms with Crippen LogP contribution in [0.15, 0.2) is 0 Å². The molecule has 2 amide bonds. The molecule has 0 aromatic rings. The van der Waals surface area contributed by atoms with Gasteiger partial charge in [0.1, 0.15) is 5.92 Å². The Morgan fingerprint density at radius 1 is 1.42 bits per heavy atom. The van der Waals surface area contributed by atoms with Crippen LogP contribution in [0.1, 0.15) is 33.1 Å². The maximum Gasteiger partial charge on any atom is 0.318 e. The van der Waals surface area contributed by atoms with Crippen LogP contribution in [0.5, 0.6) is 0 Å². The summed E-state index contributed by atoms with van der Waals surface area (Å²) in [6.07, 6.45) is 3.10. The Labute approximate surface area is 113 Å². The summed E-state index contributed by atoms with van der Waals surface area (Å²) in [7, 11) is 0. The van der Waals surface area contributed by atoms with Crippen LogP contribution >= 0.6 is 0 Å². The molecule has 1 aliphatic carbocycles. The van der Waals surface area contributed by atoms with Crippen LogP contribution in [0.4, 0.5) is 4.79 Å². The quantitative estimate of drug-likeness (QED) is 0.800. The van der Waals surface area contributed by atoms with Crippen molar-refractivity contribution in [3.05, 3.63) is 0 Å². The fourth-order valence-electron chi connectivity index (χ4n) is 2.78. The van der Waals surface area contributed by atoms with Crippen molar-refractivity contribution in [3.63, 3.8) is 0 Å².